The van der Waals surface area contributed by atoms with Crippen molar-refractivity contribution in [2.75, 3.05) is 19.8 Å². The Morgan fingerprint density at radius 2 is 0.613 bits per heavy atom. The van der Waals surface area contributed by atoms with Crippen molar-refractivity contribution >= 4 is 11.9 Å². The van der Waals surface area contributed by atoms with E-state index in [0.29, 0.717) is 19.4 Å². The molecule has 0 rings (SSSR count). The zero-order valence-electron chi connectivity index (χ0n) is 41.6. The highest BCUT2D eigenvalue weighted by atomic mass is 16.6. The Labute approximate surface area is 386 Å². The summed E-state index contributed by atoms with van der Waals surface area (Å²) in [5.41, 5.74) is 0. The zero-order valence-corrected chi connectivity index (χ0v) is 41.6. The molecule has 5 nitrogen and oxygen atoms in total. The highest BCUT2D eigenvalue weighted by Crippen LogP contribution is 2.15. The van der Waals surface area contributed by atoms with E-state index in [9.17, 15) is 9.59 Å². The van der Waals surface area contributed by atoms with Crippen LogP contribution in [-0.4, -0.2) is 37.9 Å². The van der Waals surface area contributed by atoms with E-state index in [1.165, 1.54) is 173 Å². The molecule has 0 aromatic heterocycles. The molecule has 5 heteroatoms. The van der Waals surface area contributed by atoms with E-state index in [-0.39, 0.29) is 25.2 Å². The largest absolute Gasteiger partial charge is 0.463 e. The summed E-state index contributed by atoms with van der Waals surface area (Å²) in [6, 6.07) is 0. The van der Waals surface area contributed by atoms with Gasteiger partial charge in [0.25, 0.3) is 0 Å². The van der Waals surface area contributed by atoms with E-state index >= 15 is 0 Å². The number of carbonyl (C=O) groups is 2. The average molecular weight is 869 g/mol. The molecule has 0 unspecified atom stereocenters. The molecule has 0 saturated heterocycles. The summed E-state index contributed by atoms with van der Waals surface area (Å²) in [6.45, 7) is 7.70. The van der Waals surface area contributed by atoms with Gasteiger partial charge in [-0.15, -0.1) is 0 Å². The summed E-state index contributed by atoms with van der Waals surface area (Å²) >= 11 is 0. The van der Waals surface area contributed by atoms with Crippen molar-refractivity contribution in [1.82, 2.24) is 0 Å². The minimum Gasteiger partial charge on any atom is -0.463 e. The molecule has 0 aromatic rings. The number of esters is 2. The van der Waals surface area contributed by atoms with Crippen molar-refractivity contribution in [2.45, 2.75) is 284 Å². The van der Waals surface area contributed by atoms with E-state index in [2.05, 4.69) is 69.4 Å². The number of hydrogen-bond acceptors (Lipinski definition) is 5. The van der Waals surface area contributed by atoms with Crippen LogP contribution in [0.3, 0.4) is 0 Å². The first-order valence-electron chi connectivity index (χ1n) is 27.2. The second-order valence-corrected chi connectivity index (χ2v) is 18.1. The first kappa shape index (κ1) is 59.9. The van der Waals surface area contributed by atoms with Gasteiger partial charge < -0.3 is 14.2 Å². The first-order valence-corrected chi connectivity index (χ1v) is 27.2. The molecular weight excluding hydrogens is 765 g/mol. The Balaban J connectivity index is 4.27. The topological polar surface area (TPSA) is 61.8 Å². The molecule has 0 aromatic carbocycles. The van der Waals surface area contributed by atoms with Gasteiger partial charge in [-0.1, -0.05) is 249 Å². The lowest BCUT2D eigenvalue weighted by Crippen LogP contribution is -2.29. The fourth-order valence-corrected chi connectivity index (χ4v) is 7.76. The van der Waals surface area contributed by atoms with Crippen molar-refractivity contribution in [3.05, 3.63) is 48.6 Å². The molecule has 1 atom stereocenters. The van der Waals surface area contributed by atoms with Gasteiger partial charge in [0.1, 0.15) is 19.3 Å². The third-order valence-corrected chi connectivity index (χ3v) is 11.9. The average Bonchev–Trinajstić information content (AvgIpc) is 3.28. The Morgan fingerprint density at radius 3 is 0.984 bits per heavy atom. The van der Waals surface area contributed by atoms with Gasteiger partial charge in [0.2, 0.25) is 0 Å². The minimum atomic E-state index is -0.408. The van der Waals surface area contributed by atoms with E-state index in [1.807, 2.05) is 0 Å². The molecule has 0 amide bonds. The fourth-order valence-electron chi connectivity index (χ4n) is 7.76. The number of hydrogen-bond donors (Lipinski definition) is 0. The summed E-state index contributed by atoms with van der Waals surface area (Å²) in [6.07, 6.45) is 65.7. The van der Waals surface area contributed by atoms with Crippen molar-refractivity contribution in [2.24, 2.45) is 0 Å². The van der Waals surface area contributed by atoms with Crippen LogP contribution in [0.15, 0.2) is 48.6 Å². The molecule has 362 valence electrons. The molecule has 0 fully saturated rings. The summed E-state index contributed by atoms with van der Waals surface area (Å²) in [5.74, 6) is -0.358. The van der Waals surface area contributed by atoms with Crippen molar-refractivity contribution < 1.29 is 23.8 Å². The third-order valence-electron chi connectivity index (χ3n) is 11.9. The second-order valence-electron chi connectivity index (χ2n) is 18.1. The standard InChI is InChI=1S/C57H104O5/c1-4-7-10-13-16-19-22-24-26-28-29-30-31-33-36-39-42-45-48-51-57(59)62-54-55(53-61-56(58)50-47-44-41-38-35-21-18-15-12-9-6-3)60-52-49-46-43-40-37-34-32-27-25-23-20-17-14-11-8-5-2/h16,19,24,26,29-30,33,36,55H,4-15,17-18,20-23,25,27-28,31-32,34-35,37-54H2,1-3H3/b19-16-,26-24-,30-29-,36-33-/t55-/m0/s1. The maximum Gasteiger partial charge on any atom is 0.305 e. The Kier molecular flexibility index (Phi) is 51.4. The van der Waals surface area contributed by atoms with Gasteiger partial charge in [0, 0.05) is 19.4 Å². The van der Waals surface area contributed by atoms with Gasteiger partial charge in [0.05, 0.1) is 0 Å². The van der Waals surface area contributed by atoms with Crippen LogP contribution < -0.4 is 0 Å². The van der Waals surface area contributed by atoms with Crippen LogP contribution >= 0.6 is 0 Å². The lowest BCUT2D eigenvalue weighted by molar-refractivity contribution is -0.155. The van der Waals surface area contributed by atoms with Crippen LogP contribution in [0.4, 0.5) is 0 Å². The summed E-state index contributed by atoms with van der Waals surface area (Å²) < 4.78 is 17.4. The van der Waals surface area contributed by atoms with Gasteiger partial charge in [-0.2, -0.15) is 0 Å². The van der Waals surface area contributed by atoms with Crippen LogP contribution in [0.5, 0.6) is 0 Å². The molecule has 0 aliphatic rings. The van der Waals surface area contributed by atoms with Crippen molar-refractivity contribution in [3.8, 4) is 0 Å². The molecule has 0 aliphatic carbocycles. The van der Waals surface area contributed by atoms with Gasteiger partial charge >= 0.3 is 11.9 Å². The monoisotopic (exact) mass is 869 g/mol. The number of ether oxygens (including phenoxy) is 3. The molecule has 0 N–H and O–H groups in total. The number of rotatable bonds is 50. The summed E-state index contributed by atoms with van der Waals surface area (Å²) in [5, 5.41) is 0. The predicted octanol–water partition coefficient (Wildman–Crippen LogP) is 18.3. The normalized spacial score (nSPS) is 12.5. The van der Waals surface area contributed by atoms with Crippen LogP contribution in [0, 0.1) is 0 Å². The van der Waals surface area contributed by atoms with Crippen LogP contribution in [0.1, 0.15) is 278 Å². The number of allylic oxidation sites excluding steroid dienone is 8. The molecule has 0 aliphatic heterocycles. The molecule has 62 heavy (non-hydrogen) atoms. The Morgan fingerprint density at radius 1 is 0.339 bits per heavy atom. The molecular formula is C57H104O5. The molecule has 0 radical (unpaired) electrons. The minimum absolute atomic E-state index is 0.144. The van der Waals surface area contributed by atoms with Crippen molar-refractivity contribution in [3.63, 3.8) is 0 Å². The molecule has 0 bridgehead atoms. The smallest absolute Gasteiger partial charge is 0.305 e. The van der Waals surface area contributed by atoms with Crippen LogP contribution in [0.25, 0.3) is 0 Å². The number of unbranched alkanes of at least 4 members (excludes halogenated alkanes) is 31. The van der Waals surface area contributed by atoms with E-state index < -0.39 is 6.10 Å². The highest BCUT2D eigenvalue weighted by Gasteiger charge is 2.16. The maximum absolute atomic E-state index is 12.6. The highest BCUT2D eigenvalue weighted by molar-refractivity contribution is 5.69. The molecule has 0 heterocycles. The molecule has 0 saturated carbocycles. The third kappa shape index (κ3) is 50.5. The maximum atomic E-state index is 12.6. The van der Waals surface area contributed by atoms with E-state index in [4.69, 9.17) is 14.2 Å². The fraction of sp³-hybridized carbons (Fsp3) is 0.825. The quantitative estimate of drug-likeness (QED) is 0.0346. The zero-order chi connectivity index (χ0) is 44.9. The first-order chi connectivity index (χ1) is 30.6. The van der Waals surface area contributed by atoms with Gasteiger partial charge in [-0.05, 0) is 64.2 Å². The second kappa shape index (κ2) is 53.2. The van der Waals surface area contributed by atoms with Gasteiger partial charge in [0.15, 0.2) is 0 Å². The SMILES string of the molecule is CCCCC/C=C\C/C=C\C/C=C\C/C=C\CCCCCC(=O)OC[C@H](COC(=O)CCCCCCCCCCCCC)OCCCCCCCCCCCCCCCCCC. The summed E-state index contributed by atoms with van der Waals surface area (Å²) in [7, 11) is 0. The lowest BCUT2D eigenvalue weighted by Gasteiger charge is -2.18. The van der Waals surface area contributed by atoms with E-state index in [0.717, 1.165) is 70.6 Å². The van der Waals surface area contributed by atoms with E-state index in [1.54, 1.807) is 0 Å². The lowest BCUT2D eigenvalue weighted by atomic mass is 10.0. The predicted molar refractivity (Wildman–Crippen MR) is 270 cm³/mol. The number of carbonyl (C=O) groups excluding carboxylic acids is 2. The summed E-state index contributed by atoms with van der Waals surface area (Å²) in [4.78, 5) is 25.2. The Bertz CT molecular complexity index is 1030. The van der Waals surface area contributed by atoms with Crippen molar-refractivity contribution in [1.29, 1.82) is 0 Å². The van der Waals surface area contributed by atoms with Gasteiger partial charge in [-0.3, -0.25) is 9.59 Å². The van der Waals surface area contributed by atoms with Crippen LogP contribution in [-0.2, 0) is 23.8 Å². The van der Waals surface area contributed by atoms with Crippen LogP contribution in [0.2, 0.25) is 0 Å². The van der Waals surface area contributed by atoms with Gasteiger partial charge in [-0.25, -0.2) is 0 Å². The Hall–Kier alpha value is -2.14. The molecule has 0 spiro atoms.